The minimum Gasteiger partial charge on any atom is -0.497 e. The molecule has 0 N–H and O–H groups in total. The van der Waals surface area contributed by atoms with Crippen molar-refractivity contribution < 1.29 is 19.0 Å². The Kier molecular flexibility index (Phi) is 5.87. The van der Waals surface area contributed by atoms with E-state index in [9.17, 15) is 4.79 Å². The molecule has 4 nitrogen and oxygen atoms in total. The van der Waals surface area contributed by atoms with Gasteiger partial charge in [0.15, 0.2) is 0 Å². The molecule has 4 heteroatoms. The SMILES string of the molecule is COc1cc2c(c(OC)c1)C(=O)O[C@H](C)CCC/C=C\CC2. The smallest absolute Gasteiger partial charge is 0.342 e. The van der Waals surface area contributed by atoms with E-state index in [2.05, 4.69) is 12.2 Å². The monoisotopic (exact) mass is 304 g/mol. The molecule has 0 saturated heterocycles. The zero-order valence-corrected chi connectivity index (χ0v) is 13.6. The molecule has 1 heterocycles. The fourth-order valence-corrected chi connectivity index (χ4v) is 2.65. The van der Waals surface area contributed by atoms with Crippen LogP contribution in [0.25, 0.3) is 0 Å². The second kappa shape index (κ2) is 7.87. The molecule has 120 valence electrons. The zero-order chi connectivity index (χ0) is 15.9. The number of allylic oxidation sites excluding steroid dienone is 2. The maximum absolute atomic E-state index is 12.6. The lowest BCUT2D eigenvalue weighted by Crippen LogP contribution is -2.17. The molecule has 1 atom stereocenters. The summed E-state index contributed by atoms with van der Waals surface area (Å²) < 4.78 is 16.3. The van der Waals surface area contributed by atoms with Gasteiger partial charge in [0.05, 0.1) is 20.3 Å². The maximum atomic E-state index is 12.6. The fourth-order valence-electron chi connectivity index (χ4n) is 2.65. The molecule has 0 amide bonds. The molecular formula is C18H24O4. The van der Waals surface area contributed by atoms with E-state index in [0.717, 1.165) is 37.7 Å². The maximum Gasteiger partial charge on any atom is 0.342 e. The van der Waals surface area contributed by atoms with Crippen LogP contribution in [0, 0.1) is 0 Å². The molecule has 1 aromatic rings. The molecule has 0 saturated carbocycles. The standard InChI is InChI=1S/C18H24O4/c1-13-9-7-5-4-6-8-10-14-11-15(20-2)12-16(21-3)17(14)18(19)22-13/h4,6,11-13H,5,7-10H2,1-3H3/b6-4-/t13-/m1/s1. The van der Waals surface area contributed by atoms with Crippen LogP contribution in [-0.4, -0.2) is 26.3 Å². The molecule has 2 rings (SSSR count). The molecule has 0 aliphatic carbocycles. The van der Waals surface area contributed by atoms with E-state index in [1.807, 2.05) is 13.0 Å². The van der Waals surface area contributed by atoms with Gasteiger partial charge in [-0.15, -0.1) is 0 Å². The molecule has 22 heavy (non-hydrogen) atoms. The van der Waals surface area contributed by atoms with Gasteiger partial charge < -0.3 is 14.2 Å². The van der Waals surface area contributed by atoms with Gasteiger partial charge in [-0.1, -0.05) is 12.2 Å². The summed E-state index contributed by atoms with van der Waals surface area (Å²) in [5.74, 6) is 0.881. The second-order valence-corrected chi connectivity index (χ2v) is 5.52. The third kappa shape index (κ3) is 4.03. The van der Waals surface area contributed by atoms with Crippen molar-refractivity contribution in [2.75, 3.05) is 14.2 Å². The van der Waals surface area contributed by atoms with Crippen LogP contribution in [0.4, 0.5) is 0 Å². The van der Waals surface area contributed by atoms with Crippen LogP contribution >= 0.6 is 0 Å². The number of esters is 1. The van der Waals surface area contributed by atoms with Crippen molar-refractivity contribution in [2.45, 2.75) is 45.1 Å². The summed E-state index contributed by atoms with van der Waals surface area (Å²) in [6, 6.07) is 3.62. The van der Waals surface area contributed by atoms with E-state index in [-0.39, 0.29) is 12.1 Å². The number of cyclic esters (lactones) is 1. The van der Waals surface area contributed by atoms with Gasteiger partial charge in [-0.05, 0) is 50.7 Å². The van der Waals surface area contributed by atoms with Gasteiger partial charge in [0, 0.05) is 6.07 Å². The lowest BCUT2D eigenvalue weighted by molar-refractivity contribution is 0.0316. The Balaban J connectivity index is 2.43. The van der Waals surface area contributed by atoms with Gasteiger partial charge in [0.25, 0.3) is 0 Å². The molecule has 0 aromatic heterocycles. The van der Waals surface area contributed by atoms with E-state index >= 15 is 0 Å². The van der Waals surface area contributed by atoms with E-state index in [0.29, 0.717) is 17.1 Å². The summed E-state index contributed by atoms with van der Waals surface area (Å²) in [5.41, 5.74) is 1.42. The summed E-state index contributed by atoms with van der Waals surface area (Å²) in [5, 5.41) is 0. The number of benzene rings is 1. The lowest BCUT2D eigenvalue weighted by atomic mass is 10.00. The lowest BCUT2D eigenvalue weighted by Gasteiger charge is -2.18. The number of fused-ring (bicyclic) bond motifs is 1. The molecule has 1 aliphatic heterocycles. The van der Waals surface area contributed by atoms with E-state index in [4.69, 9.17) is 14.2 Å². The van der Waals surface area contributed by atoms with Gasteiger partial charge in [-0.2, -0.15) is 0 Å². The van der Waals surface area contributed by atoms with Crippen molar-refractivity contribution >= 4 is 5.97 Å². The highest BCUT2D eigenvalue weighted by Crippen LogP contribution is 2.31. The Morgan fingerprint density at radius 2 is 1.91 bits per heavy atom. The number of aryl methyl sites for hydroxylation is 1. The quantitative estimate of drug-likeness (QED) is 0.613. The van der Waals surface area contributed by atoms with E-state index in [1.54, 1.807) is 20.3 Å². The number of hydrogen-bond donors (Lipinski definition) is 0. The van der Waals surface area contributed by atoms with Gasteiger partial charge in [0.2, 0.25) is 0 Å². The van der Waals surface area contributed by atoms with Crippen LogP contribution in [-0.2, 0) is 11.2 Å². The van der Waals surface area contributed by atoms with Crippen molar-refractivity contribution in [3.8, 4) is 11.5 Å². The van der Waals surface area contributed by atoms with E-state index in [1.165, 1.54) is 0 Å². The second-order valence-electron chi connectivity index (χ2n) is 5.52. The molecular weight excluding hydrogens is 280 g/mol. The van der Waals surface area contributed by atoms with Crippen LogP contribution in [0.2, 0.25) is 0 Å². The predicted molar refractivity (Wildman–Crippen MR) is 85.7 cm³/mol. The predicted octanol–water partition coefficient (Wildman–Crippen LogP) is 3.92. The molecule has 0 bridgehead atoms. The third-order valence-corrected chi connectivity index (χ3v) is 3.85. The summed E-state index contributed by atoms with van der Waals surface area (Å²) in [7, 11) is 3.17. The summed E-state index contributed by atoms with van der Waals surface area (Å²) in [4.78, 5) is 12.6. The van der Waals surface area contributed by atoms with Gasteiger partial charge in [0.1, 0.15) is 17.1 Å². The Labute approximate surface area is 132 Å². The first-order valence-corrected chi connectivity index (χ1v) is 7.76. The summed E-state index contributed by atoms with van der Waals surface area (Å²) in [6.45, 7) is 1.93. The highest BCUT2D eigenvalue weighted by atomic mass is 16.5. The van der Waals surface area contributed by atoms with Gasteiger partial charge in [-0.3, -0.25) is 0 Å². The van der Waals surface area contributed by atoms with Crippen molar-refractivity contribution in [2.24, 2.45) is 0 Å². The van der Waals surface area contributed by atoms with E-state index < -0.39 is 0 Å². The average Bonchev–Trinajstić information content (AvgIpc) is 2.51. The van der Waals surface area contributed by atoms with Crippen molar-refractivity contribution in [1.82, 2.24) is 0 Å². The number of carbonyl (C=O) groups excluding carboxylic acids is 1. The van der Waals surface area contributed by atoms with Crippen LogP contribution in [0.5, 0.6) is 11.5 Å². The highest BCUT2D eigenvalue weighted by Gasteiger charge is 2.22. The first-order valence-electron chi connectivity index (χ1n) is 7.76. The number of ether oxygens (including phenoxy) is 3. The van der Waals surface area contributed by atoms with Crippen LogP contribution in [0.3, 0.4) is 0 Å². The number of carbonyl (C=O) groups is 1. The minimum absolute atomic E-state index is 0.0972. The minimum atomic E-state index is -0.313. The van der Waals surface area contributed by atoms with Gasteiger partial charge >= 0.3 is 5.97 Å². The summed E-state index contributed by atoms with van der Waals surface area (Å²) >= 11 is 0. The Hall–Kier alpha value is -1.97. The van der Waals surface area contributed by atoms with Crippen LogP contribution in [0.15, 0.2) is 24.3 Å². The Morgan fingerprint density at radius 3 is 2.64 bits per heavy atom. The topological polar surface area (TPSA) is 44.8 Å². The van der Waals surface area contributed by atoms with Crippen LogP contribution < -0.4 is 9.47 Å². The molecule has 0 radical (unpaired) electrons. The van der Waals surface area contributed by atoms with Crippen molar-refractivity contribution in [1.29, 1.82) is 0 Å². The number of hydrogen-bond acceptors (Lipinski definition) is 4. The fraction of sp³-hybridized carbons (Fsp3) is 0.500. The van der Waals surface area contributed by atoms with Crippen molar-refractivity contribution in [3.63, 3.8) is 0 Å². The number of rotatable bonds is 2. The largest absolute Gasteiger partial charge is 0.497 e. The molecule has 1 aliphatic rings. The average molecular weight is 304 g/mol. The van der Waals surface area contributed by atoms with Gasteiger partial charge in [-0.25, -0.2) is 4.79 Å². The molecule has 0 unspecified atom stereocenters. The molecule has 0 spiro atoms. The Morgan fingerprint density at radius 1 is 1.14 bits per heavy atom. The number of methoxy groups -OCH3 is 2. The summed E-state index contributed by atoms with van der Waals surface area (Å²) in [6.07, 6.45) is 8.83. The molecule has 1 aromatic carbocycles. The highest BCUT2D eigenvalue weighted by molar-refractivity contribution is 5.94. The Bertz CT molecular complexity index is 548. The zero-order valence-electron chi connectivity index (χ0n) is 13.6. The third-order valence-electron chi connectivity index (χ3n) is 3.85. The van der Waals surface area contributed by atoms with Crippen LogP contribution in [0.1, 0.15) is 48.5 Å². The first kappa shape index (κ1) is 16.4. The molecule has 0 fully saturated rings. The first-order chi connectivity index (χ1) is 10.7. The van der Waals surface area contributed by atoms with Crippen molar-refractivity contribution in [3.05, 3.63) is 35.4 Å². The normalized spacial score (nSPS) is 20.9.